The van der Waals surface area contributed by atoms with Gasteiger partial charge in [-0.1, -0.05) is 56.5 Å². The summed E-state index contributed by atoms with van der Waals surface area (Å²) >= 11 is 0. The average molecular weight is 400 g/mol. The number of carbonyl (C=O) groups is 2. The van der Waals surface area contributed by atoms with Crippen LogP contribution in [0.2, 0.25) is 0 Å². The monoisotopic (exact) mass is 399 g/mol. The zero-order valence-electron chi connectivity index (χ0n) is 18.5. The smallest absolute Gasteiger partial charge is 0.309 e. The minimum atomic E-state index is -0.495. The zero-order chi connectivity index (χ0) is 21.1. The molecule has 0 aromatic heterocycles. The SMILES string of the molecule is CCCC(CC1(C(=O)NC2C[C@H]2c2ccccc2)CCCC1)C(=O)OC(C)(C)C. The van der Waals surface area contributed by atoms with Crippen molar-refractivity contribution < 1.29 is 14.3 Å². The van der Waals surface area contributed by atoms with E-state index >= 15 is 0 Å². The Hall–Kier alpha value is -1.84. The Labute approximate surface area is 175 Å². The van der Waals surface area contributed by atoms with Crippen LogP contribution in [0.4, 0.5) is 0 Å². The number of amides is 1. The molecule has 2 saturated carbocycles. The fourth-order valence-corrected chi connectivity index (χ4v) is 4.83. The first-order valence-electron chi connectivity index (χ1n) is 11.3. The minimum Gasteiger partial charge on any atom is -0.460 e. The fraction of sp³-hybridized carbons (Fsp3) is 0.680. The summed E-state index contributed by atoms with van der Waals surface area (Å²) < 4.78 is 5.69. The molecule has 0 spiro atoms. The number of rotatable bonds is 8. The first-order valence-corrected chi connectivity index (χ1v) is 11.3. The Kier molecular flexibility index (Phi) is 6.70. The molecule has 2 unspecified atom stereocenters. The van der Waals surface area contributed by atoms with Gasteiger partial charge >= 0.3 is 5.97 Å². The first kappa shape index (κ1) is 21.9. The van der Waals surface area contributed by atoms with Crippen molar-refractivity contribution in [2.24, 2.45) is 11.3 Å². The Balaban J connectivity index is 1.66. The summed E-state index contributed by atoms with van der Waals surface area (Å²) in [6.45, 7) is 7.81. The van der Waals surface area contributed by atoms with Crippen LogP contribution in [0, 0.1) is 11.3 Å². The molecule has 160 valence electrons. The molecule has 1 amide bonds. The Morgan fingerprint density at radius 1 is 1.17 bits per heavy atom. The predicted molar refractivity (Wildman–Crippen MR) is 115 cm³/mol. The van der Waals surface area contributed by atoms with Gasteiger partial charge in [-0.2, -0.15) is 0 Å². The number of hydrogen-bond donors (Lipinski definition) is 1. The van der Waals surface area contributed by atoms with Crippen LogP contribution in [0.25, 0.3) is 0 Å². The quantitative estimate of drug-likeness (QED) is 0.598. The summed E-state index contributed by atoms with van der Waals surface area (Å²) in [6.07, 6.45) is 7.21. The van der Waals surface area contributed by atoms with Crippen LogP contribution in [0.15, 0.2) is 30.3 Å². The second kappa shape index (κ2) is 8.89. The lowest BCUT2D eigenvalue weighted by Gasteiger charge is -2.32. The van der Waals surface area contributed by atoms with Crippen LogP contribution in [-0.2, 0) is 14.3 Å². The number of benzene rings is 1. The molecule has 0 aliphatic heterocycles. The lowest BCUT2D eigenvalue weighted by atomic mass is 9.75. The summed E-state index contributed by atoms with van der Waals surface area (Å²) in [5.74, 6) is 0.234. The second-order valence-electron chi connectivity index (χ2n) is 10.0. The van der Waals surface area contributed by atoms with Crippen molar-refractivity contribution in [3.05, 3.63) is 35.9 Å². The standard InChI is InChI=1S/C25H37NO3/c1-5-11-19(22(27)29-24(2,3)4)17-25(14-9-10-15-25)23(28)26-21-16-20(21)18-12-7-6-8-13-18/h6-8,12-13,19-21H,5,9-11,14-17H2,1-4H3,(H,26,28)/t19?,20-,21?/m0/s1. The van der Waals surface area contributed by atoms with Crippen molar-refractivity contribution in [1.82, 2.24) is 5.32 Å². The van der Waals surface area contributed by atoms with Gasteiger partial charge in [0.25, 0.3) is 0 Å². The van der Waals surface area contributed by atoms with Gasteiger partial charge in [-0.05, 0) is 58.4 Å². The van der Waals surface area contributed by atoms with Crippen molar-refractivity contribution in [2.45, 2.75) is 96.6 Å². The molecule has 3 rings (SSSR count). The molecule has 0 saturated heterocycles. The van der Waals surface area contributed by atoms with Crippen molar-refractivity contribution in [1.29, 1.82) is 0 Å². The Morgan fingerprint density at radius 3 is 2.41 bits per heavy atom. The van der Waals surface area contributed by atoms with Crippen molar-refractivity contribution >= 4 is 11.9 Å². The van der Waals surface area contributed by atoms with E-state index in [1.807, 2.05) is 26.8 Å². The van der Waals surface area contributed by atoms with E-state index in [1.54, 1.807) is 0 Å². The Morgan fingerprint density at radius 2 is 1.83 bits per heavy atom. The summed E-state index contributed by atoms with van der Waals surface area (Å²) in [5.41, 5.74) is 0.391. The first-order chi connectivity index (χ1) is 13.7. The maximum absolute atomic E-state index is 13.4. The van der Waals surface area contributed by atoms with Gasteiger partial charge in [0.15, 0.2) is 0 Å². The maximum atomic E-state index is 13.4. The van der Waals surface area contributed by atoms with Crippen LogP contribution in [0.1, 0.15) is 90.5 Å². The van der Waals surface area contributed by atoms with E-state index in [0.29, 0.717) is 12.3 Å². The van der Waals surface area contributed by atoms with Gasteiger partial charge in [-0.25, -0.2) is 0 Å². The fourth-order valence-electron chi connectivity index (χ4n) is 4.83. The summed E-state index contributed by atoms with van der Waals surface area (Å²) in [7, 11) is 0. The number of hydrogen-bond acceptors (Lipinski definition) is 3. The molecule has 1 aromatic carbocycles. The Bertz CT molecular complexity index is 701. The molecule has 1 aromatic rings. The maximum Gasteiger partial charge on any atom is 0.309 e. The van der Waals surface area contributed by atoms with Crippen molar-refractivity contribution in [2.75, 3.05) is 0 Å². The van der Waals surface area contributed by atoms with Crippen molar-refractivity contribution in [3.8, 4) is 0 Å². The van der Waals surface area contributed by atoms with Crippen molar-refractivity contribution in [3.63, 3.8) is 0 Å². The lowest BCUT2D eigenvalue weighted by Crippen LogP contribution is -2.43. The van der Waals surface area contributed by atoms with Crippen LogP contribution in [0.3, 0.4) is 0 Å². The van der Waals surface area contributed by atoms with Crippen LogP contribution >= 0.6 is 0 Å². The number of ether oxygens (including phenoxy) is 1. The van der Waals surface area contributed by atoms with E-state index < -0.39 is 11.0 Å². The molecule has 29 heavy (non-hydrogen) atoms. The molecular formula is C25H37NO3. The lowest BCUT2D eigenvalue weighted by molar-refractivity contribution is -0.162. The summed E-state index contributed by atoms with van der Waals surface area (Å²) in [6, 6.07) is 10.7. The molecule has 0 bridgehead atoms. The third-order valence-electron chi connectivity index (χ3n) is 6.39. The highest BCUT2D eigenvalue weighted by atomic mass is 16.6. The van der Waals surface area contributed by atoms with Gasteiger partial charge in [0.2, 0.25) is 5.91 Å². The van der Waals surface area contributed by atoms with E-state index in [4.69, 9.17) is 4.74 Å². The largest absolute Gasteiger partial charge is 0.460 e. The zero-order valence-corrected chi connectivity index (χ0v) is 18.5. The molecule has 3 atom stereocenters. The number of esters is 1. The van der Waals surface area contributed by atoms with Crippen LogP contribution in [0.5, 0.6) is 0 Å². The second-order valence-corrected chi connectivity index (χ2v) is 10.0. The molecule has 2 fully saturated rings. The average Bonchev–Trinajstić information content (AvgIpc) is 3.26. The molecule has 4 heteroatoms. The predicted octanol–water partition coefficient (Wildman–Crippen LogP) is 5.37. The molecule has 2 aliphatic rings. The molecule has 0 radical (unpaired) electrons. The van der Waals surface area contributed by atoms with Gasteiger partial charge in [0.1, 0.15) is 5.60 Å². The number of nitrogens with one attached hydrogen (secondary N) is 1. The molecule has 0 heterocycles. The van der Waals surface area contributed by atoms with Gasteiger partial charge < -0.3 is 10.1 Å². The highest BCUT2D eigenvalue weighted by molar-refractivity contribution is 5.84. The normalized spacial score (nSPS) is 24.0. The van der Waals surface area contributed by atoms with E-state index in [2.05, 4.69) is 36.5 Å². The molecule has 2 aliphatic carbocycles. The van der Waals surface area contributed by atoms with Gasteiger partial charge in [-0.15, -0.1) is 0 Å². The molecular weight excluding hydrogens is 362 g/mol. The highest BCUT2D eigenvalue weighted by Crippen LogP contribution is 2.47. The summed E-state index contributed by atoms with van der Waals surface area (Å²) in [5, 5.41) is 3.33. The van der Waals surface area contributed by atoms with E-state index in [9.17, 15) is 9.59 Å². The van der Waals surface area contributed by atoms with Gasteiger partial charge in [-0.3, -0.25) is 9.59 Å². The topological polar surface area (TPSA) is 55.4 Å². The van der Waals surface area contributed by atoms with Crippen LogP contribution < -0.4 is 5.32 Å². The summed E-state index contributed by atoms with van der Waals surface area (Å²) in [4.78, 5) is 26.2. The van der Waals surface area contributed by atoms with Gasteiger partial charge in [0, 0.05) is 12.0 Å². The van der Waals surface area contributed by atoms with E-state index in [-0.39, 0.29) is 23.8 Å². The van der Waals surface area contributed by atoms with E-state index in [1.165, 1.54) is 5.56 Å². The third-order valence-corrected chi connectivity index (χ3v) is 6.39. The highest BCUT2D eigenvalue weighted by Gasteiger charge is 2.48. The molecule has 4 nitrogen and oxygen atoms in total. The molecule has 1 N–H and O–H groups in total. The van der Waals surface area contributed by atoms with Crippen LogP contribution in [-0.4, -0.2) is 23.5 Å². The number of carbonyl (C=O) groups excluding carboxylic acids is 2. The van der Waals surface area contributed by atoms with Gasteiger partial charge in [0.05, 0.1) is 11.3 Å². The minimum absolute atomic E-state index is 0.146. The van der Waals surface area contributed by atoms with E-state index in [0.717, 1.165) is 44.9 Å². The third kappa shape index (κ3) is 5.61.